The van der Waals surface area contributed by atoms with Gasteiger partial charge in [0.05, 0.1) is 17.2 Å². The van der Waals surface area contributed by atoms with E-state index in [1.807, 2.05) is 0 Å². The highest BCUT2D eigenvalue weighted by Crippen LogP contribution is 2.33. The lowest BCUT2D eigenvalue weighted by Crippen LogP contribution is -2.40. The SMILES string of the molecule is CCCCCCCSCCCCCCCCCC[C@](C)(O)C(=O)Nc1ccc(C#N)c(C(F)(F)F)c1. The number of aliphatic hydroxyl groups is 1. The van der Waals surface area contributed by atoms with Crippen LogP contribution in [0.2, 0.25) is 0 Å². The second-order valence-electron chi connectivity index (χ2n) is 9.70. The van der Waals surface area contributed by atoms with E-state index in [1.165, 1.54) is 88.4 Å². The number of hydrogen-bond acceptors (Lipinski definition) is 4. The van der Waals surface area contributed by atoms with Gasteiger partial charge in [-0.25, -0.2) is 0 Å². The van der Waals surface area contributed by atoms with Gasteiger partial charge in [0.1, 0.15) is 5.60 Å². The van der Waals surface area contributed by atoms with Crippen LogP contribution in [0.1, 0.15) is 115 Å². The Morgan fingerprint density at radius 3 is 2.00 bits per heavy atom. The van der Waals surface area contributed by atoms with E-state index in [0.29, 0.717) is 6.42 Å². The molecule has 0 aromatic heterocycles. The molecule has 0 radical (unpaired) electrons. The van der Waals surface area contributed by atoms with Crippen LogP contribution in [0, 0.1) is 11.3 Å². The van der Waals surface area contributed by atoms with E-state index in [9.17, 15) is 23.1 Å². The summed E-state index contributed by atoms with van der Waals surface area (Å²) in [6, 6.07) is 4.47. The molecule has 0 bridgehead atoms. The number of nitrogens with one attached hydrogen (secondary N) is 1. The van der Waals surface area contributed by atoms with Gasteiger partial charge in [-0.3, -0.25) is 4.79 Å². The molecule has 1 aromatic rings. The lowest BCUT2D eigenvalue weighted by atomic mass is 9.96. The standard InChI is InChI=1S/C28H43F3N2O2S/c1-3-4-5-11-14-19-36-20-15-12-9-7-6-8-10-13-18-27(2,35)26(34)33-24-17-16-23(22-32)25(21-24)28(29,30)31/h16-17,21,35H,3-15,18-20H2,1-2H3,(H,33,34)/t27-/m0/s1. The summed E-state index contributed by atoms with van der Waals surface area (Å²) < 4.78 is 39.3. The Morgan fingerprint density at radius 2 is 1.47 bits per heavy atom. The average molecular weight is 529 g/mol. The molecule has 0 saturated heterocycles. The number of anilines is 1. The van der Waals surface area contributed by atoms with Crippen molar-refractivity contribution < 1.29 is 23.1 Å². The number of alkyl halides is 3. The lowest BCUT2D eigenvalue weighted by molar-refractivity contribution is -0.138. The van der Waals surface area contributed by atoms with Crippen molar-refractivity contribution in [2.45, 2.75) is 116 Å². The monoisotopic (exact) mass is 528 g/mol. The first-order valence-electron chi connectivity index (χ1n) is 13.3. The number of halogens is 3. The van der Waals surface area contributed by atoms with Crippen LogP contribution in [0.25, 0.3) is 0 Å². The minimum atomic E-state index is -4.71. The van der Waals surface area contributed by atoms with Gasteiger partial charge in [0.25, 0.3) is 5.91 Å². The Morgan fingerprint density at radius 1 is 0.944 bits per heavy atom. The minimum absolute atomic E-state index is 0.100. The number of unbranched alkanes of at least 4 members (excludes halogenated alkanes) is 11. The Bertz CT molecular complexity index is 807. The molecule has 0 aliphatic carbocycles. The summed E-state index contributed by atoms with van der Waals surface area (Å²) in [5.74, 6) is 1.79. The second kappa shape index (κ2) is 17.7. The van der Waals surface area contributed by atoms with Crippen molar-refractivity contribution in [1.82, 2.24) is 0 Å². The predicted octanol–water partition coefficient (Wildman–Crippen LogP) is 8.48. The summed E-state index contributed by atoms with van der Waals surface area (Å²) in [5, 5.41) is 21.7. The van der Waals surface area contributed by atoms with Crippen molar-refractivity contribution >= 4 is 23.4 Å². The summed E-state index contributed by atoms with van der Waals surface area (Å²) in [7, 11) is 0. The number of thioether (sulfide) groups is 1. The number of carbonyl (C=O) groups is 1. The highest BCUT2D eigenvalue weighted by Gasteiger charge is 2.35. The highest BCUT2D eigenvalue weighted by molar-refractivity contribution is 7.99. The van der Waals surface area contributed by atoms with Crippen molar-refractivity contribution in [2.75, 3.05) is 16.8 Å². The van der Waals surface area contributed by atoms with Gasteiger partial charge in [0.2, 0.25) is 0 Å². The van der Waals surface area contributed by atoms with Crippen LogP contribution in [0.4, 0.5) is 18.9 Å². The first-order valence-corrected chi connectivity index (χ1v) is 14.5. The number of nitrogens with zero attached hydrogens (tertiary/aromatic N) is 1. The van der Waals surface area contributed by atoms with E-state index in [4.69, 9.17) is 5.26 Å². The summed E-state index contributed by atoms with van der Waals surface area (Å²) in [6.45, 7) is 3.62. The fraction of sp³-hybridized carbons (Fsp3) is 0.714. The van der Waals surface area contributed by atoms with Gasteiger partial charge in [0, 0.05) is 5.69 Å². The summed E-state index contributed by atoms with van der Waals surface area (Å²) >= 11 is 2.08. The van der Waals surface area contributed by atoms with Crippen LogP contribution in [0.5, 0.6) is 0 Å². The van der Waals surface area contributed by atoms with Gasteiger partial charge in [-0.05, 0) is 55.9 Å². The number of carbonyl (C=O) groups excluding carboxylic acids is 1. The van der Waals surface area contributed by atoms with Crippen LogP contribution in [-0.2, 0) is 11.0 Å². The van der Waals surface area contributed by atoms with Crippen LogP contribution in [0.15, 0.2) is 18.2 Å². The van der Waals surface area contributed by atoms with Crippen LogP contribution in [-0.4, -0.2) is 28.1 Å². The fourth-order valence-corrected chi connectivity index (χ4v) is 5.00. The summed E-state index contributed by atoms with van der Waals surface area (Å²) in [4.78, 5) is 12.4. The maximum Gasteiger partial charge on any atom is 0.417 e. The lowest BCUT2D eigenvalue weighted by Gasteiger charge is -2.22. The minimum Gasteiger partial charge on any atom is -0.380 e. The quantitative estimate of drug-likeness (QED) is 0.177. The maximum atomic E-state index is 13.1. The molecule has 0 fully saturated rings. The number of nitriles is 1. The molecule has 0 heterocycles. The smallest absolute Gasteiger partial charge is 0.380 e. The number of amides is 1. The van der Waals surface area contributed by atoms with E-state index in [2.05, 4.69) is 24.0 Å². The molecule has 0 spiro atoms. The van der Waals surface area contributed by atoms with Gasteiger partial charge in [0.15, 0.2) is 0 Å². The molecule has 204 valence electrons. The molecule has 1 aromatic carbocycles. The maximum absolute atomic E-state index is 13.1. The molecule has 0 saturated carbocycles. The molecule has 8 heteroatoms. The van der Waals surface area contributed by atoms with Gasteiger partial charge >= 0.3 is 6.18 Å². The third-order valence-electron chi connectivity index (χ3n) is 6.29. The van der Waals surface area contributed by atoms with Crippen LogP contribution < -0.4 is 5.32 Å². The largest absolute Gasteiger partial charge is 0.417 e. The molecule has 0 aliphatic rings. The number of rotatable bonds is 19. The third-order valence-corrected chi connectivity index (χ3v) is 7.44. The molecule has 0 aliphatic heterocycles. The van der Waals surface area contributed by atoms with Crippen molar-refractivity contribution in [3.05, 3.63) is 29.3 Å². The highest BCUT2D eigenvalue weighted by atomic mass is 32.2. The topological polar surface area (TPSA) is 73.1 Å². The molecule has 2 N–H and O–H groups in total. The van der Waals surface area contributed by atoms with Crippen molar-refractivity contribution in [1.29, 1.82) is 5.26 Å². The Labute approximate surface area is 219 Å². The average Bonchev–Trinajstić information content (AvgIpc) is 2.83. The molecule has 36 heavy (non-hydrogen) atoms. The zero-order chi connectivity index (χ0) is 26.9. The molecule has 1 amide bonds. The first kappa shape index (κ1) is 32.3. The summed E-state index contributed by atoms with van der Waals surface area (Å²) in [6.07, 6.45) is 10.9. The molecule has 0 unspecified atom stereocenters. The van der Waals surface area contributed by atoms with Crippen molar-refractivity contribution in [2.24, 2.45) is 0 Å². The van der Waals surface area contributed by atoms with Crippen molar-refractivity contribution in [3.63, 3.8) is 0 Å². The third kappa shape index (κ3) is 13.5. The second-order valence-corrected chi connectivity index (χ2v) is 10.9. The molecular weight excluding hydrogens is 485 g/mol. The van der Waals surface area contributed by atoms with E-state index in [0.717, 1.165) is 31.4 Å². The molecular formula is C28H43F3N2O2S. The number of hydrogen-bond donors (Lipinski definition) is 2. The van der Waals surface area contributed by atoms with Gasteiger partial charge < -0.3 is 10.4 Å². The van der Waals surface area contributed by atoms with Gasteiger partial charge in [-0.15, -0.1) is 0 Å². The normalized spacial score (nSPS) is 13.2. The Balaban J connectivity index is 2.16. The molecule has 1 rings (SSSR count). The fourth-order valence-electron chi connectivity index (χ4n) is 3.98. The Hall–Kier alpha value is -1.72. The van der Waals surface area contributed by atoms with Gasteiger partial charge in [-0.2, -0.15) is 30.2 Å². The van der Waals surface area contributed by atoms with E-state index in [1.54, 1.807) is 0 Å². The van der Waals surface area contributed by atoms with Crippen LogP contribution >= 0.6 is 11.8 Å². The van der Waals surface area contributed by atoms with E-state index in [-0.39, 0.29) is 12.1 Å². The first-order chi connectivity index (χ1) is 17.1. The van der Waals surface area contributed by atoms with E-state index >= 15 is 0 Å². The zero-order valence-electron chi connectivity index (χ0n) is 21.9. The zero-order valence-corrected chi connectivity index (χ0v) is 22.7. The molecule has 1 atom stereocenters. The summed E-state index contributed by atoms with van der Waals surface area (Å²) in [5.41, 5.74) is -3.41. The van der Waals surface area contributed by atoms with E-state index < -0.39 is 28.8 Å². The van der Waals surface area contributed by atoms with Crippen molar-refractivity contribution in [3.8, 4) is 6.07 Å². The Kier molecular flexibility index (Phi) is 15.9. The number of benzene rings is 1. The molecule has 4 nitrogen and oxygen atoms in total. The predicted molar refractivity (Wildman–Crippen MR) is 143 cm³/mol. The van der Waals surface area contributed by atoms with Gasteiger partial charge in [-0.1, -0.05) is 77.6 Å². The van der Waals surface area contributed by atoms with Crippen LogP contribution in [0.3, 0.4) is 0 Å².